The van der Waals surface area contributed by atoms with E-state index < -0.39 is 0 Å². The Balaban J connectivity index is 1.63. The number of carbonyl (C=O) groups is 1. The van der Waals surface area contributed by atoms with Crippen molar-refractivity contribution in [1.29, 1.82) is 0 Å². The highest BCUT2D eigenvalue weighted by Crippen LogP contribution is 2.23. The normalized spacial score (nSPS) is 15.4. The smallest absolute Gasteiger partial charge is 0.271 e. The van der Waals surface area contributed by atoms with E-state index >= 15 is 0 Å². The number of halogens is 1. The molecule has 0 spiro atoms. The Morgan fingerprint density at radius 1 is 1.12 bits per heavy atom. The molecule has 1 aromatic heterocycles. The summed E-state index contributed by atoms with van der Waals surface area (Å²) < 4.78 is 0. The quantitative estimate of drug-likeness (QED) is 0.781. The number of benzene rings is 1. The van der Waals surface area contributed by atoms with Gasteiger partial charge in [0.25, 0.3) is 5.91 Å². The largest absolute Gasteiger partial charge is 0.348 e. The molecule has 1 fully saturated rings. The van der Waals surface area contributed by atoms with Crippen LogP contribution in [0.1, 0.15) is 54.6 Å². The van der Waals surface area contributed by atoms with Crippen LogP contribution in [0.5, 0.6) is 0 Å². The van der Waals surface area contributed by atoms with E-state index in [1.807, 2.05) is 25.1 Å². The number of aryl methyl sites for hydroxylation is 1. The van der Waals surface area contributed by atoms with Crippen LogP contribution >= 0.6 is 11.6 Å². The lowest BCUT2D eigenvalue weighted by molar-refractivity contribution is 0.0928. The van der Waals surface area contributed by atoms with Crippen molar-refractivity contribution in [2.45, 2.75) is 51.5 Å². The van der Waals surface area contributed by atoms with E-state index in [4.69, 9.17) is 11.6 Å². The number of amides is 1. The SMILES string of the molecule is Cc1ccc(Cl)cc1Nc1cnc(C(=O)NC2CCCCCC2)cn1. The highest BCUT2D eigenvalue weighted by molar-refractivity contribution is 6.30. The first-order valence-electron chi connectivity index (χ1n) is 8.78. The fourth-order valence-corrected chi connectivity index (χ4v) is 3.23. The molecule has 0 radical (unpaired) electrons. The van der Waals surface area contributed by atoms with Crippen molar-refractivity contribution >= 4 is 29.0 Å². The Morgan fingerprint density at radius 3 is 2.56 bits per heavy atom. The van der Waals surface area contributed by atoms with E-state index in [0.717, 1.165) is 24.1 Å². The van der Waals surface area contributed by atoms with Crippen LogP contribution in [0.3, 0.4) is 0 Å². The van der Waals surface area contributed by atoms with Crippen LogP contribution in [0.4, 0.5) is 11.5 Å². The topological polar surface area (TPSA) is 66.9 Å². The molecule has 2 aromatic rings. The lowest BCUT2D eigenvalue weighted by atomic mass is 10.1. The van der Waals surface area contributed by atoms with Gasteiger partial charge in [-0.3, -0.25) is 4.79 Å². The summed E-state index contributed by atoms with van der Waals surface area (Å²) in [6.45, 7) is 1.99. The minimum Gasteiger partial charge on any atom is -0.348 e. The molecule has 0 bridgehead atoms. The average Bonchev–Trinajstić information content (AvgIpc) is 2.87. The second-order valence-corrected chi connectivity index (χ2v) is 6.97. The Morgan fingerprint density at radius 2 is 1.88 bits per heavy atom. The lowest BCUT2D eigenvalue weighted by Crippen LogP contribution is -2.34. The minimum absolute atomic E-state index is 0.148. The molecule has 2 N–H and O–H groups in total. The van der Waals surface area contributed by atoms with Crippen LogP contribution in [-0.2, 0) is 0 Å². The van der Waals surface area contributed by atoms with Crippen LogP contribution in [0.2, 0.25) is 5.02 Å². The van der Waals surface area contributed by atoms with E-state index in [-0.39, 0.29) is 11.9 Å². The molecular weight excluding hydrogens is 336 g/mol. The molecule has 1 saturated carbocycles. The first-order valence-corrected chi connectivity index (χ1v) is 9.16. The molecule has 1 heterocycles. The van der Waals surface area contributed by atoms with Gasteiger partial charge in [0.2, 0.25) is 0 Å². The highest BCUT2D eigenvalue weighted by Gasteiger charge is 2.16. The minimum atomic E-state index is -0.148. The second kappa shape index (κ2) is 8.30. The zero-order valence-corrected chi connectivity index (χ0v) is 15.1. The third-order valence-corrected chi connectivity index (χ3v) is 4.77. The van der Waals surface area contributed by atoms with Gasteiger partial charge in [-0.2, -0.15) is 0 Å². The summed E-state index contributed by atoms with van der Waals surface area (Å²) in [6, 6.07) is 5.87. The lowest BCUT2D eigenvalue weighted by Gasteiger charge is -2.15. The monoisotopic (exact) mass is 358 g/mol. The third-order valence-electron chi connectivity index (χ3n) is 4.54. The highest BCUT2D eigenvalue weighted by atomic mass is 35.5. The van der Waals surface area contributed by atoms with Crippen molar-refractivity contribution in [3.63, 3.8) is 0 Å². The van der Waals surface area contributed by atoms with Gasteiger partial charge in [0.05, 0.1) is 12.4 Å². The Hall–Kier alpha value is -2.14. The van der Waals surface area contributed by atoms with Gasteiger partial charge in [0, 0.05) is 16.8 Å². The molecule has 0 unspecified atom stereocenters. The van der Waals surface area contributed by atoms with E-state index in [1.165, 1.54) is 31.9 Å². The molecule has 3 rings (SSSR count). The summed E-state index contributed by atoms with van der Waals surface area (Å²) in [5, 5.41) is 6.91. The molecule has 5 nitrogen and oxygen atoms in total. The number of carbonyl (C=O) groups excluding carboxylic acids is 1. The molecule has 132 valence electrons. The number of nitrogens with zero attached hydrogens (tertiary/aromatic N) is 2. The number of rotatable bonds is 4. The van der Waals surface area contributed by atoms with Crippen LogP contribution in [0, 0.1) is 6.92 Å². The van der Waals surface area contributed by atoms with Crippen molar-refractivity contribution in [2.75, 3.05) is 5.32 Å². The first kappa shape index (κ1) is 17.7. The Kier molecular flexibility index (Phi) is 5.87. The maximum Gasteiger partial charge on any atom is 0.271 e. The van der Waals surface area contributed by atoms with Gasteiger partial charge in [-0.25, -0.2) is 9.97 Å². The molecular formula is C19H23ClN4O. The third kappa shape index (κ3) is 4.92. The first-order chi connectivity index (χ1) is 12.1. The fourth-order valence-electron chi connectivity index (χ4n) is 3.06. The van der Waals surface area contributed by atoms with Crippen molar-refractivity contribution in [2.24, 2.45) is 0 Å². The van der Waals surface area contributed by atoms with Gasteiger partial charge >= 0.3 is 0 Å². The van der Waals surface area contributed by atoms with Gasteiger partial charge in [0.1, 0.15) is 11.5 Å². The predicted octanol–water partition coefficient (Wildman–Crippen LogP) is 4.63. The zero-order chi connectivity index (χ0) is 17.6. The van der Waals surface area contributed by atoms with Gasteiger partial charge in [-0.05, 0) is 37.5 Å². The molecule has 0 atom stereocenters. The molecule has 1 amide bonds. The van der Waals surface area contributed by atoms with Crippen LogP contribution in [-0.4, -0.2) is 21.9 Å². The van der Waals surface area contributed by atoms with Gasteiger partial charge in [-0.15, -0.1) is 0 Å². The number of nitrogens with one attached hydrogen (secondary N) is 2. The molecule has 1 aromatic carbocycles. The molecule has 1 aliphatic carbocycles. The summed E-state index contributed by atoms with van der Waals surface area (Å²) in [5.74, 6) is 0.432. The summed E-state index contributed by atoms with van der Waals surface area (Å²) >= 11 is 6.03. The van der Waals surface area contributed by atoms with Crippen molar-refractivity contribution in [3.05, 3.63) is 46.9 Å². The number of aromatic nitrogens is 2. The molecule has 1 aliphatic rings. The Labute approximate surface area is 153 Å². The number of anilines is 2. The van der Waals surface area contributed by atoms with Crippen molar-refractivity contribution in [3.8, 4) is 0 Å². The molecule has 0 aliphatic heterocycles. The standard InChI is InChI=1S/C19H23ClN4O/c1-13-8-9-14(20)10-16(13)24-18-12-21-17(11-22-18)19(25)23-15-6-4-2-3-5-7-15/h8-12,15H,2-7H2,1H3,(H,22,24)(H,23,25). The summed E-state index contributed by atoms with van der Waals surface area (Å²) in [5.41, 5.74) is 2.27. The van der Waals surface area contributed by atoms with E-state index in [9.17, 15) is 4.79 Å². The van der Waals surface area contributed by atoms with Gasteiger partial charge in [0.15, 0.2) is 0 Å². The van der Waals surface area contributed by atoms with E-state index in [1.54, 1.807) is 6.20 Å². The van der Waals surface area contributed by atoms with Crippen LogP contribution in [0.15, 0.2) is 30.6 Å². The summed E-state index contributed by atoms with van der Waals surface area (Å²) in [6.07, 6.45) is 10.1. The van der Waals surface area contributed by atoms with E-state index in [0.29, 0.717) is 16.5 Å². The molecule has 25 heavy (non-hydrogen) atoms. The predicted molar refractivity (Wildman–Crippen MR) is 100 cm³/mol. The average molecular weight is 359 g/mol. The zero-order valence-electron chi connectivity index (χ0n) is 14.4. The van der Waals surface area contributed by atoms with Crippen LogP contribution in [0.25, 0.3) is 0 Å². The number of hydrogen-bond donors (Lipinski definition) is 2. The Bertz CT molecular complexity index is 725. The van der Waals surface area contributed by atoms with Crippen molar-refractivity contribution < 1.29 is 4.79 Å². The van der Waals surface area contributed by atoms with Crippen LogP contribution < -0.4 is 10.6 Å². The molecule has 0 saturated heterocycles. The summed E-state index contributed by atoms with van der Waals surface area (Å²) in [7, 11) is 0. The second-order valence-electron chi connectivity index (χ2n) is 6.53. The fraction of sp³-hybridized carbons (Fsp3) is 0.421. The van der Waals surface area contributed by atoms with Gasteiger partial charge < -0.3 is 10.6 Å². The van der Waals surface area contributed by atoms with Gasteiger partial charge in [-0.1, -0.05) is 43.4 Å². The van der Waals surface area contributed by atoms with E-state index in [2.05, 4.69) is 20.6 Å². The van der Waals surface area contributed by atoms with Crippen molar-refractivity contribution in [1.82, 2.24) is 15.3 Å². The maximum atomic E-state index is 12.3. The summed E-state index contributed by atoms with van der Waals surface area (Å²) in [4.78, 5) is 20.9. The maximum absolute atomic E-state index is 12.3. The molecule has 6 heteroatoms. The number of hydrogen-bond acceptors (Lipinski definition) is 4.